The predicted molar refractivity (Wildman–Crippen MR) is 263 cm³/mol. The van der Waals surface area contributed by atoms with E-state index in [1.54, 1.807) is 0 Å². The Labute approximate surface area is 375 Å². The van der Waals surface area contributed by atoms with Crippen LogP contribution in [0.3, 0.4) is 0 Å². The van der Waals surface area contributed by atoms with Crippen molar-refractivity contribution in [3.63, 3.8) is 0 Å². The summed E-state index contributed by atoms with van der Waals surface area (Å²) < 4.78 is 5.88. The maximum atomic E-state index is 13.2. The lowest BCUT2D eigenvalue weighted by Crippen LogP contribution is -2.46. The van der Waals surface area contributed by atoms with Gasteiger partial charge in [0.1, 0.15) is 6.10 Å². The number of rotatable bonds is 42. The molecule has 0 bridgehead atoms. The molecule has 0 spiro atoms. The number of allylic oxidation sites excluding steroid dienone is 18. The monoisotopic (exact) mass is 846 g/mol. The van der Waals surface area contributed by atoms with Gasteiger partial charge in [-0.25, -0.2) is 0 Å². The molecule has 0 radical (unpaired) electrons. The topological polar surface area (TPSA) is 95.9 Å². The van der Waals surface area contributed by atoms with E-state index in [4.69, 9.17) is 4.74 Å². The highest BCUT2D eigenvalue weighted by Gasteiger charge is 2.24. The maximum Gasteiger partial charge on any atom is 0.306 e. The molecule has 346 valence electrons. The average molecular weight is 846 g/mol. The Morgan fingerprint density at radius 3 is 1.56 bits per heavy atom. The van der Waals surface area contributed by atoms with Crippen LogP contribution in [0.15, 0.2) is 109 Å². The molecule has 61 heavy (non-hydrogen) atoms. The van der Waals surface area contributed by atoms with Gasteiger partial charge in [-0.1, -0.05) is 226 Å². The van der Waals surface area contributed by atoms with Crippen LogP contribution in [0, 0.1) is 0 Å². The fourth-order valence-electron chi connectivity index (χ4n) is 6.83. The van der Waals surface area contributed by atoms with Crippen molar-refractivity contribution in [2.75, 3.05) is 6.61 Å². The molecular weight excluding hydrogens is 755 g/mol. The van der Waals surface area contributed by atoms with E-state index < -0.39 is 18.2 Å². The second-order valence-corrected chi connectivity index (χ2v) is 16.3. The summed E-state index contributed by atoms with van der Waals surface area (Å²) >= 11 is 0. The van der Waals surface area contributed by atoms with Gasteiger partial charge < -0.3 is 20.3 Å². The highest BCUT2D eigenvalue weighted by Crippen LogP contribution is 2.16. The molecule has 3 unspecified atom stereocenters. The zero-order valence-electron chi connectivity index (χ0n) is 39.2. The van der Waals surface area contributed by atoms with Gasteiger partial charge in [0.25, 0.3) is 0 Å². The quantitative estimate of drug-likeness (QED) is 0.0246. The van der Waals surface area contributed by atoms with Crippen LogP contribution in [0.1, 0.15) is 201 Å². The van der Waals surface area contributed by atoms with Gasteiger partial charge in [-0.3, -0.25) is 9.59 Å². The second kappa shape index (κ2) is 47.6. The fraction of sp³-hybridized carbons (Fsp3) is 0.636. The number of aliphatic hydroxyl groups is 2. The smallest absolute Gasteiger partial charge is 0.306 e. The maximum absolute atomic E-state index is 13.2. The molecule has 3 atom stereocenters. The minimum atomic E-state index is -0.816. The highest BCUT2D eigenvalue weighted by molar-refractivity contribution is 5.77. The van der Waals surface area contributed by atoms with Gasteiger partial charge in [0.15, 0.2) is 0 Å². The van der Waals surface area contributed by atoms with Crippen LogP contribution in [-0.4, -0.2) is 46.9 Å². The fourth-order valence-corrected chi connectivity index (χ4v) is 6.83. The van der Waals surface area contributed by atoms with Crippen molar-refractivity contribution in [1.82, 2.24) is 5.32 Å². The van der Waals surface area contributed by atoms with E-state index in [1.807, 2.05) is 60.8 Å². The van der Waals surface area contributed by atoms with Gasteiger partial charge in [-0.05, 0) is 70.6 Å². The Kier molecular flexibility index (Phi) is 44.9. The molecule has 0 aliphatic carbocycles. The summed E-state index contributed by atoms with van der Waals surface area (Å²) in [5, 5.41) is 23.7. The zero-order valence-corrected chi connectivity index (χ0v) is 39.2. The Morgan fingerprint density at radius 2 is 0.984 bits per heavy atom. The van der Waals surface area contributed by atoms with Crippen LogP contribution in [0.5, 0.6) is 0 Å². The van der Waals surface area contributed by atoms with E-state index in [1.165, 1.54) is 64.2 Å². The molecule has 0 aliphatic heterocycles. The molecular formula is C55H91NO5. The predicted octanol–water partition coefficient (Wildman–Crippen LogP) is 14.7. The van der Waals surface area contributed by atoms with Gasteiger partial charge in [0.2, 0.25) is 5.91 Å². The van der Waals surface area contributed by atoms with Crippen LogP contribution in [0.2, 0.25) is 0 Å². The molecule has 1 amide bonds. The first-order chi connectivity index (χ1) is 30.0. The molecule has 0 rings (SSSR count). The molecule has 3 N–H and O–H groups in total. The minimum Gasteiger partial charge on any atom is -0.462 e. The number of hydrogen-bond acceptors (Lipinski definition) is 5. The van der Waals surface area contributed by atoms with Crippen LogP contribution >= 0.6 is 0 Å². The molecule has 0 heterocycles. The molecule has 0 aromatic rings. The molecule has 0 saturated carbocycles. The number of carbonyl (C=O) groups excluding carboxylic acids is 2. The number of hydrogen-bond donors (Lipinski definition) is 3. The summed E-state index contributed by atoms with van der Waals surface area (Å²) in [6.07, 6.45) is 64.3. The number of amides is 1. The van der Waals surface area contributed by atoms with Crippen LogP contribution in [0.4, 0.5) is 0 Å². The Hall–Kier alpha value is -3.48. The van der Waals surface area contributed by atoms with Crippen molar-refractivity contribution in [1.29, 1.82) is 0 Å². The SMILES string of the molecule is CC\C=C/C=C/C=C/C=C\C=C\C=C\CCCC(CC(=O)NC(CO)C(O)CCCCCCCCCCCCC)OC(=O)CCCCCCCC/C=C/C/C=C/C/C=C/CC. The van der Waals surface area contributed by atoms with E-state index in [-0.39, 0.29) is 24.9 Å². The molecule has 0 aromatic carbocycles. The highest BCUT2D eigenvalue weighted by atomic mass is 16.5. The van der Waals surface area contributed by atoms with Crippen molar-refractivity contribution < 1.29 is 24.5 Å². The number of unbranched alkanes of at least 4 members (excludes halogenated alkanes) is 17. The van der Waals surface area contributed by atoms with Crippen molar-refractivity contribution in [3.8, 4) is 0 Å². The van der Waals surface area contributed by atoms with Gasteiger partial charge in [-0.2, -0.15) is 0 Å². The molecule has 0 aromatic heterocycles. The third-order valence-corrected chi connectivity index (χ3v) is 10.5. The lowest BCUT2D eigenvalue weighted by Gasteiger charge is -2.24. The first-order valence-corrected chi connectivity index (χ1v) is 24.7. The van der Waals surface area contributed by atoms with E-state index >= 15 is 0 Å². The van der Waals surface area contributed by atoms with E-state index in [0.717, 1.165) is 89.9 Å². The van der Waals surface area contributed by atoms with Crippen LogP contribution in [-0.2, 0) is 14.3 Å². The molecule has 0 saturated heterocycles. The second-order valence-electron chi connectivity index (χ2n) is 16.3. The van der Waals surface area contributed by atoms with Gasteiger partial charge in [0.05, 0.1) is 25.2 Å². The lowest BCUT2D eigenvalue weighted by atomic mass is 10.0. The standard InChI is InChI=1S/C55H91NO5/c1-4-7-10-13-16-19-22-24-26-28-30-33-36-39-42-45-48-55(60)61-51(46-43-40-37-34-32-29-27-25-23-20-17-14-11-8-5-2)49-54(59)56-52(50-57)53(58)47-44-41-38-35-31-21-18-15-12-9-6-3/h7-8,10-11,14,16-17,19-20,23-27,29,32,34,37,51-53,57-58H,4-6,9,12-13,15,18,21-22,28,30-31,33,35-36,38-50H2,1-3H3,(H,56,59)/b10-7+,11-8-,17-14+,19-16+,23-20+,26-24+,27-25-,32-29+,37-34+. The summed E-state index contributed by atoms with van der Waals surface area (Å²) in [7, 11) is 0. The van der Waals surface area contributed by atoms with Gasteiger partial charge in [0, 0.05) is 6.42 Å². The summed E-state index contributed by atoms with van der Waals surface area (Å²) in [6, 6.07) is -0.734. The van der Waals surface area contributed by atoms with Crippen LogP contribution < -0.4 is 5.32 Å². The first-order valence-electron chi connectivity index (χ1n) is 24.7. The van der Waals surface area contributed by atoms with Crippen molar-refractivity contribution in [2.45, 2.75) is 219 Å². The third-order valence-electron chi connectivity index (χ3n) is 10.5. The average Bonchev–Trinajstić information content (AvgIpc) is 3.25. The Morgan fingerprint density at radius 1 is 0.508 bits per heavy atom. The van der Waals surface area contributed by atoms with E-state index in [9.17, 15) is 19.8 Å². The van der Waals surface area contributed by atoms with Gasteiger partial charge >= 0.3 is 5.97 Å². The molecule has 0 aliphatic rings. The Bertz CT molecular complexity index is 1270. The number of carbonyl (C=O) groups is 2. The Balaban J connectivity index is 4.78. The van der Waals surface area contributed by atoms with Crippen molar-refractivity contribution in [2.24, 2.45) is 0 Å². The summed E-state index contributed by atoms with van der Waals surface area (Å²) in [6.45, 7) is 6.18. The van der Waals surface area contributed by atoms with E-state index in [0.29, 0.717) is 19.3 Å². The number of esters is 1. The molecule has 6 nitrogen and oxygen atoms in total. The van der Waals surface area contributed by atoms with Crippen molar-refractivity contribution in [3.05, 3.63) is 109 Å². The van der Waals surface area contributed by atoms with Gasteiger partial charge in [-0.15, -0.1) is 0 Å². The lowest BCUT2D eigenvalue weighted by molar-refractivity contribution is -0.151. The molecule has 0 fully saturated rings. The third kappa shape index (κ3) is 43.0. The first kappa shape index (κ1) is 57.5. The van der Waals surface area contributed by atoms with Crippen LogP contribution in [0.25, 0.3) is 0 Å². The summed E-state index contributed by atoms with van der Waals surface area (Å²) in [5.74, 6) is -0.575. The molecule has 6 heteroatoms. The number of ether oxygens (including phenoxy) is 1. The number of aliphatic hydroxyl groups excluding tert-OH is 2. The normalized spacial score (nSPS) is 14.2. The summed E-state index contributed by atoms with van der Waals surface area (Å²) in [4.78, 5) is 26.1. The summed E-state index contributed by atoms with van der Waals surface area (Å²) in [5.41, 5.74) is 0. The van der Waals surface area contributed by atoms with Crippen molar-refractivity contribution >= 4 is 11.9 Å². The largest absolute Gasteiger partial charge is 0.462 e. The minimum absolute atomic E-state index is 0.0143. The zero-order chi connectivity index (χ0) is 44.5. The number of nitrogens with one attached hydrogen (secondary N) is 1. The van der Waals surface area contributed by atoms with E-state index in [2.05, 4.69) is 74.7 Å².